The molecule has 2 aromatic heterocycles. The summed E-state index contributed by atoms with van der Waals surface area (Å²) in [5, 5.41) is 25.2. The number of carbonyl (C=O) groups is 1. The molecule has 0 aromatic carbocycles. The third-order valence-electron chi connectivity index (χ3n) is 2.74. The highest BCUT2D eigenvalue weighted by Crippen LogP contribution is 2.40. The first-order chi connectivity index (χ1) is 9.25. The van der Waals surface area contributed by atoms with Gasteiger partial charge in [0.25, 0.3) is 0 Å². The van der Waals surface area contributed by atoms with Crippen LogP contribution in [0, 0.1) is 0 Å². The van der Waals surface area contributed by atoms with Crippen LogP contribution >= 0.6 is 11.8 Å². The average Bonchev–Trinajstić information content (AvgIpc) is 3.17. The SMILES string of the molecule is O=C(O)CSc1nnc(-c2ccnnc2)n1C1CC1. The van der Waals surface area contributed by atoms with Crippen LogP contribution < -0.4 is 0 Å². The average molecular weight is 277 g/mol. The molecule has 98 valence electrons. The molecule has 8 heteroatoms. The molecule has 0 unspecified atom stereocenters. The molecule has 2 heterocycles. The van der Waals surface area contributed by atoms with Crippen molar-refractivity contribution in [2.75, 3.05) is 5.75 Å². The smallest absolute Gasteiger partial charge is 0.313 e. The molecule has 1 saturated carbocycles. The maximum atomic E-state index is 10.6. The van der Waals surface area contributed by atoms with Crippen molar-refractivity contribution in [1.82, 2.24) is 25.0 Å². The number of hydrogen-bond donors (Lipinski definition) is 1. The number of hydrogen-bond acceptors (Lipinski definition) is 6. The molecular formula is C11H11N5O2S. The van der Waals surface area contributed by atoms with Crippen molar-refractivity contribution in [2.45, 2.75) is 24.0 Å². The first-order valence-electron chi connectivity index (χ1n) is 5.82. The third kappa shape index (κ3) is 2.58. The Morgan fingerprint density at radius 2 is 2.26 bits per heavy atom. The molecule has 1 fully saturated rings. The summed E-state index contributed by atoms with van der Waals surface area (Å²) in [4.78, 5) is 10.6. The van der Waals surface area contributed by atoms with Gasteiger partial charge < -0.3 is 5.11 Å². The second-order valence-electron chi connectivity index (χ2n) is 4.22. The Balaban J connectivity index is 1.94. The standard InChI is InChI=1S/C11H11N5O2S/c17-9(18)6-19-11-15-14-10(16(11)8-1-2-8)7-3-4-12-13-5-7/h3-5,8H,1-2,6H2,(H,17,18). The summed E-state index contributed by atoms with van der Waals surface area (Å²) in [6.07, 6.45) is 5.38. The molecule has 1 N–H and O–H groups in total. The van der Waals surface area contributed by atoms with Gasteiger partial charge in [-0.2, -0.15) is 10.2 Å². The van der Waals surface area contributed by atoms with E-state index in [-0.39, 0.29) is 5.75 Å². The van der Waals surface area contributed by atoms with Crippen LogP contribution in [0.15, 0.2) is 23.6 Å². The number of carboxylic acids is 1. The van der Waals surface area contributed by atoms with Crippen LogP contribution in [-0.2, 0) is 4.79 Å². The highest BCUT2D eigenvalue weighted by molar-refractivity contribution is 7.99. The molecule has 0 amide bonds. The number of thioether (sulfide) groups is 1. The zero-order valence-corrected chi connectivity index (χ0v) is 10.7. The van der Waals surface area contributed by atoms with Crippen molar-refractivity contribution in [1.29, 1.82) is 0 Å². The fourth-order valence-electron chi connectivity index (χ4n) is 1.78. The number of nitrogens with zero attached hydrogens (tertiary/aromatic N) is 5. The Bertz CT molecular complexity index is 596. The first kappa shape index (κ1) is 12.1. The lowest BCUT2D eigenvalue weighted by Crippen LogP contribution is -2.03. The Hall–Kier alpha value is -1.96. The molecule has 3 rings (SSSR count). The lowest BCUT2D eigenvalue weighted by atomic mass is 10.3. The number of aliphatic carboxylic acids is 1. The summed E-state index contributed by atoms with van der Waals surface area (Å²) in [7, 11) is 0. The quantitative estimate of drug-likeness (QED) is 0.822. The van der Waals surface area contributed by atoms with Gasteiger partial charge in [0.1, 0.15) is 0 Å². The molecule has 1 aliphatic carbocycles. The third-order valence-corrected chi connectivity index (χ3v) is 3.67. The minimum atomic E-state index is -0.859. The summed E-state index contributed by atoms with van der Waals surface area (Å²) >= 11 is 1.19. The van der Waals surface area contributed by atoms with Crippen LogP contribution in [0.2, 0.25) is 0 Å². The van der Waals surface area contributed by atoms with Crippen LogP contribution in [0.5, 0.6) is 0 Å². The van der Waals surface area contributed by atoms with Crippen molar-refractivity contribution >= 4 is 17.7 Å². The summed E-state index contributed by atoms with van der Waals surface area (Å²) in [6.45, 7) is 0. The van der Waals surface area contributed by atoms with Gasteiger partial charge in [0.05, 0.1) is 18.1 Å². The van der Waals surface area contributed by atoms with E-state index in [0.717, 1.165) is 24.2 Å². The monoisotopic (exact) mass is 277 g/mol. The van der Waals surface area contributed by atoms with Crippen molar-refractivity contribution < 1.29 is 9.90 Å². The maximum absolute atomic E-state index is 10.6. The lowest BCUT2D eigenvalue weighted by Gasteiger charge is -2.07. The molecule has 1 aliphatic rings. The number of rotatable bonds is 5. The highest BCUT2D eigenvalue weighted by Gasteiger charge is 2.30. The van der Waals surface area contributed by atoms with Crippen LogP contribution in [-0.4, -0.2) is 41.8 Å². The second-order valence-corrected chi connectivity index (χ2v) is 5.16. The fraction of sp³-hybridized carbons (Fsp3) is 0.364. The largest absolute Gasteiger partial charge is 0.481 e. The van der Waals surface area contributed by atoms with E-state index in [2.05, 4.69) is 20.4 Å². The highest BCUT2D eigenvalue weighted by atomic mass is 32.2. The van der Waals surface area contributed by atoms with Gasteiger partial charge in [-0.25, -0.2) is 0 Å². The summed E-state index contributed by atoms with van der Waals surface area (Å²) in [5.74, 6) is -0.146. The number of aromatic nitrogens is 5. The molecule has 0 aliphatic heterocycles. The van der Waals surface area contributed by atoms with Gasteiger partial charge in [-0.05, 0) is 18.9 Å². The second kappa shape index (κ2) is 4.96. The topological polar surface area (TPSA) is 93.8 Å². The van der Waals surface area contributed by atoms with Gasteiger partial charge in [-0.3, -0.25) is 9.36 Å². The van der Waals surface area contributed by atoms with Gasteiger partial charge in [0.2, 0.25) is 0 Å². The van der Waals surface area contributed by atoms with E-state index < -0.39 is 5.97 Å². The summed E-state index contributed by atoms with van der Waals surface area (Å²) < 4.78 is 2.00. The zero-order valence-electron chi connectivity index (χ0n) is 9.93. The summed E-state index contributed by atoms with van der Waals surface area (Å²) in [6, 6.07) is 2.19. The van der Waals surface area contributed by atoms with Crippen LogP contribution in [0.4, 0.5) is 0 Å². The van der Waals surface area contributed by atoms with E-state index in [4.69, 9.17) is 5.11 Å². The van der Waals surface area contributed by atoms with Crippen molar-refractivity contribution in [3.05, 3.63) is 18.5 Å². The lowest BCUT2D eigenvalue weighted by molar-refractivity contribution is -0.133. The molecule has 0 spiro atoms. The molecule has 2 aromatic rings. The van der Waals surface area contributed by atoms with Crippen molar-refractivity contribution in [3.8, 4) is 11.4 Å². The van der Waals surface area contributed by atoms with Gasteiger partial charge in [-0.1, -0.05) is 11.8 Å². The van der Waals surface area contributed by atoms with E-state index in [0.29, 0.717) is 11.2 Å². The first-order valence-corrected chi connectivity index (χ1v) is 6.81. The fourth-order valence-corrected chi connectivity index (χ4v) is 2.51. The Morgan fingerprint density at radius 1 is 1.42 bits per heavy atom. The van der Waals surface area contributed by atoms with Crippen LogP contribution in [0.25, 0.3) is 11.4 Å². The van der Waals surface area contributed by atoms with Gasteiger partial charge >= 0.3 is 5.97 Å². The molecule has 0 bridgehead atoms. The van der Waals surface area contributed by atoms with Gasteiger partial charge in [-0.15, -0.1) is 10.2 Å². The van der Waals surface area contributed by atoms with E-state index in [1.54, 1.807) is 12.4 Å². The molecule has 19 heavy (non-hydrogen) atoms. The minimum absolute atomic E-state index is 0.0144. The van der Waals surface area contributed by atoms with E-state index >= 15 is 0 Å². The van der Waals surface area contributed by atoms with E-state index in [1.165, 1.54) is 11.8 Å². The van der Waals surface area contributed by atoms with Gasteiger partial charge in [0, 0.05) is 11.6 Å². The molecule has 7 nitrogen and oxygen atoms in total. The molecule has 0 saturated heterocycles. The molecular weight excluding hydrogens is 266 g/mol. The van der Waals surface area contributed by atoms with E-state index in [9.17, 15) is 4.79 Å². The summed E-state index contributed by atoms with van der Waals surface area (Å²) in [5.41, 5.74) is 0.844. The van der Waals surface area contributed by atoms with Crippen molar-refractivity contribution in [2.24, 2.45) is 0 Å². The Morgan fingerprint density at radius 3 is 2.89 bits per heavy atom. The predicted molar refractivity (Wildman–Crippen MR) is 67.7 cm³/mol. The Labute approximate surface area is 113 Å². The zero-order chi connectivity index (χ0) is 13.2. The normalized spacial score (nSPS) is 14.5. The Kier molecular flexibility index (Phi) is 3.16. The maximum Gasteiger partial charge on any atom is 0.313 e. The van der Waals surface area contributed by atoms with E-state index in [1.807, 2.05) is 10.6 Å². The van der Waals surface area contributed by atoms with Crippen molar-refractivity contribution in [3.63, 3.8) is 0 Å². The minimum Gasteiger partial charge on any atom is -0.481 e. The molecule has 0 atom stereocenters. The van der Waals surface area contributed by atoms with Gasteiger partial charge in [0.15, 0.2) is 11.0 Å². The molecule has 0 radical (unpaired) electrons. The van der Waals surface area contributed by atoms with Crippen LogP contribution in [0.1, 0.15) is 18.9 Å². The predicted octanol–water partition coefficient (Wildman–Crippen LogP) is 1.25. The van der Waals surface area contributed by atoms with Crippen LogP contribution in [0.3, 0.4) is 0 Å². The number of carboxylic acid groups (broad SMARTS) is 1.